The normalized spacial score (nSPS) is 13.8. The van der Waals surface area contributed by atoms with Gasteiger partial charge < -0.3 is 25.4 Å². The number of anilines is 1. The van der Waals surface area contributed by atoms with Crippen molar-refractivity contribution in [1.29, 1.82) is 0 Å². The van der Waals surface area contributed by atoms with Crippen molar-refractivity contribution < 1.29 is 19.4 Å². The van der Waals surface area contributed by atoms with Crippen molar-refractivity contribution in [3.05, 3.63) is 40.3 Å². The average molecular weight is 507 g/mol. The number of halogens is 1. The SMILES string of the molecule is CCOCCN(CCCCc1ccc2c(n1)NCCC2)CCC(NC(=O)c1n[nH]cc1Cl)C(=O)O. The molecule has 3 rings (SSSR count). The van der Waals surface area contributed by atoms with Crippen LogP contribution in [0.15, 0.2) is 18.3 Å². The number of carboxylic acids is 1. The first-order valence-electron chi connectivity index (χ1n) is 12.2. The number of aromatic nitrogens is 3. The monoisotopic (exact) mass is 506 g/mol. The molecule has 0 spiro atoms. The van der Waals surface area contributed by atoms with Crippen LogP contribution in [-0.2, 0) is 22.4 Å². The maximum atomic E-state index is 12.3. The summed E-state index contributed by atoms with van der Waals surface area (Å²) in [6.07, 6.45) is 6.68. The van der Waals surface area contributed by atoms with Gasteiger partial charge in [0.1, 0.15) is 11.9 Å². The van der Waals surface area contributed by atoms with E-state index in [9.17, 15) is 14.7 Å². The first-order valence-corrected chi connectivity index (χ1v) is 12.6. The summed E-state index contributed by atoms with van der Waals surface area (Å²) in [5, 5.41) is 21.9. The number of nitrogens with zero attached hydrogens (tertiary/aromatic N) is 3. The molecule has 0 saturated carbocycles. The summed E-state index contributed by atoms with van der Waals surface area (Å²) in [4.78, 5) is 31.0. The van der Waals surface area contributed by atoms with Crippen LogP contribution < -0.4 is 10.6 Å². The Balaban J connectivity index is 1.48. The van der Waals surface area contributed by atoms with Gasteiger partial charge in [0.05, 0.1) is 11.6 Å². The number of rotatable bonds is 15. The molecule has 4 N–H and O–H groups in total. The largest absolute Gasteiger partial charge is 0.480 e. The van der Waals surface area contributed by atoms with Gasteiger partial charge in [-0.1, -0.05) is 17.7 Å². The Kier molecular flexibility index (Phi) is 10.8. The summed E-state index contributed by atoms with van der Waals surface area (Å²) < 4.78 is 5.50. The molecule has 1 amide bonds. The third kappa shape index (κ3) is 8.48. The van der Waals surface area contributed by atoms with Crippen molar-refractivity contribution >= 4 is 29.3 Å². The maximum Gasteiger partial charge on any atom is 0.326 e. The Bertz CT molecular complexity index is 969. The summed E-state index contributed by atoms with van der Waals surface area (Å²) >= 11 is 5.91. The van der Waals surface area contributed by atoms with E-state index in [-0.39, 0.29) is 17.1 Å². The zero-order chi connectivity index (χ0) is 25.0. The number of aromatic amines is 1. The molecule has 11 heteroatoms. The number of nitrogens with one attached hydrogen (secondary N) is 3. The highest BCUT2D eigenvalue weighted by molar-refractivity contribution is 6.33. The second-order valence-corrected chi connectivity index (χ2v) is 8.98. The number of unbranched alkanes of at least 4 members (excludes halogenated alkanes) is 1. The molecule has 2 aromatic rings. The summed E-state index contributed by atoms with van der Waals surface area (Å²) in [6, 6.07) is 3.25. The molecule has 10 nitrogen and oxygen atoms in total. The Hall–Kier alpha value is -2.69. The standard InChI is InChI=1S/C24H35ClN6O4/c1-2-35-15-14-31(12-4-3-7-18-9-8-17-6-5-11-26-22(17)28-18)13-10-20(24(33)34)29-23(32)21-19(25)16-27-30-21/h8-9,16,20H,2-7,10-15H2,1H3,(H,26,28)(H,27,30)(H,29,32)(H,33,34). The van der Waals surface area contributed by atoms with Gasteiger partial charge in [0.25, 0.3) is 5.91 Å². The number of pyridine rings is 1. The minimum atomic E-state index is -1.10. The molecule has 0 aliphatic carbocycles. The predicted octanol–water partition coefficient (Wildman–Crippen LogP) is 2.75. The van der Waals surface area contributed by atoms with Crippen LogP contribution in [0.3, 0.4) is 0 Å². The van der Waals surface area contributed by atoms with Crippen LogP contribution in [0.5, 0.6) is 0 Å². The molecule has 2 aromatic heterocycles. The lowest BCUT2D eigenvalue weighted by atomic mass is 10.1. The van der Waals surface area contributed by atoms with Gasteiger partial charge in [-0.25, -0.2) is 9.78 Å². The van der Waals surface area contributed by atoms with Gasteiger partial charge >= 0.3 is 5.97 Å². The van der Waals surface area contributed by atoms with Gasteiger partial charge in [0, 0.05) is 38.1 Å². The van der Waals surface area contributed by atoms with E-state index in [1.54, 1.807) is 0 Å². The predicted molar refractivity (Wildman–Crippen MR) is 134 cm³/mol. The molecule has 0 saturated heterocycles. The number of amides is 1. The third-order valence-electron chi connectivity index (χ3n) is 6.01. The van der Waals surface area contributed by atoms with Gasteiger partial charge in [-0.05, 0) is 63.6 Å². The van der Waals surface area contributed by atoms with Crippen LogP contribution in [0, 0.1) is 0 Å². The van der Waals surface area contributed by atoms with Gasteiger partial charge in [-0.3, -0.25) is 9.89 Å². The van der Waals surface area contributed by atoms with E-state index in [4.69, 9.17) is 21.3 Å². The zero-order valence-electron chi connectivity index (χ0n) is 20.2. The van der Waals surface area contributed by atoms with E-state index in [2.05, 4.69) is 37.9 Å². The lowest BCUT2D eigenvalue weighted by Crippen LogP contribution is -2.43. The van der Waals surface area contributed by atoms with Gasteiger partial charge in [-0.2, -0.15) is 5.10 Å². The number of carbonyl (C=O) groups excluding carboxylic acids is 1. The minimum Gasteiger partial charge on any atom is -0.480 e. The molecule has 35 heavy (non-hydrogen) atoms. The minimum absolute atomic E-state index is 0.0166. The van der Waals surface area contributed by atoms with Crippen LogP contribution in [0.1, 0.15) is 54.4 Å². The number of carbonyl (C=O) groups is 2. The maximum absolute atomic E-state index is 12.3. The van der Waals surface area contributed by atoms with E-state index in [1.165, 1.54) is 11.8 Å². The Labute approximate surface area is 210 Å². The molecule has 192 valence electrons. The molecule has 0 radical (unpaired) electrons. The van der Waals surface area contributed by atoms with Gasteiger partial charge in [0.15, 0.2) is 5.69 Å². The molecule has 1 aliphatic rings. The Morgan fingerprint density at radius 1 is 1.29 bits per heavy atom. The molecule has 1 unspecified atom stereocenters. The van der Waals surface area contributed by atoms with E-state index in [1.807, 2.05) is 6.92 Å². The number of ether oxygens (including phenoxy) is 1. The first-order chi connectivity index (χ1) is 17.0. The van der Waals surface area contributed by atoms with E-state index in [0.29, 0.717) is 26.3 Å². The molecular weight excluding hydrogens is 472 g/mol. The summed E-state index contributed by atoms with van der Waals surface area (Å²) in [7, 11) is 0. The smallest absolute Gasteiger partial charge is 0.326 e. The second-order valence-electron chi connectivity index (χ2n) is 8.57. The lowest BCUT2D eigenvalue weighted by Gasteiger charge is -2.24. The molecule has 3 heterocycles. The van der Waals surface area contributed by atoms with Crippen LogP contribution in [0.4, 0.5) is 5.82 Å². The number of H-pyrrole nitrogens is 1. The number of hydrogen-bond donors (Lipinski definition) is 4. The molecule has 0 aromatic carbocycles. The number of carboxylic acid groups (broad SMARTS) is 1. The number of hydrogen-bond acceptors (Lipinski definition) is 7. The lowest BCUT2D eigenvalue weighted by molar-refractivity contribution is -0.139. The fourth-order valence-corrected chi connectivity index (χ4v) is 4.23. The third-order valence-corrected chi connectivity index (χ3v) is 6.30. The highest BCUT2D eigenvalue weighted by atomic mass is 35.5. The van der Waals surface area contributed by atoms with E-state index in [0.717, 1.165) is 56.7 Å². The van der Waals surface area contributed by atoms with E-state index < -0.39 is 17.9 Å². The molecular formula is C24H35ClN6O4. The Morgan fingerprint density at radius 2 is 2.14 bits per heavy atom. The van der Waals surface area contributed by atoms with Crippen LogP contribution in [0.2, 0.25) is 5.02 Å². The van der Waals surface area contributed by atoms with Crippen molar-refractivity contribution in [2.45, 2.75) is 51.5 Å². The van der Waals surface area contributed by atoms with E-state index >= 15 is 0 Å². The summed E-state index contributed by atoms with van der Waals surface area (Å²) in [5.41, 5.74) is 2.36. The van der Waals surface area contributed by atoms with Crippen LogP contribution in [-0.4, -0.2) is 82.5 Å². The number of aliphatic carboxylic acids is 1. The fraction of sp³-hybridized carbons (Fsp3) is 0.583. The summed E-state index contributed by atoms with van der Waals surface area (Å²) in [5.74, 6) is -0.691. The fourth-order valence-electron chi connectivity index (χ4n) is 4.05. The van der Waals surface area contributed by atoms with Crippen molar-refractivity contribution in [3.8, 4) is 0 Å². The van der Waals surface area contributed by atoms with Crippen LogP contribution in [0.25, 0.3) is 0 Å². The highest BCUT2D eigenvalue weighted by Gasteiger charge is 2.24. The summed E-state index contributed by atoms with van der Waals surface area (Å²) in [6.45, 7) is 6.14. The topological polar surface area (TPSA) is 132 Å². The van der Waals surface area contributed by atoms with Crippen LogP contribution >= 0.6 is 11.6 Å². The molecule has 0 fully saturated rings. The van der Waals surface area contributed by atoms with Gasteiger partial charge in [0.2, 0.25) is 0 Å². The van der Waals surface area contributed by atoms with Crippen molar-refractivity contribution in [2.24, 2.45) is 0 Å². The first kappa shape index (κ1) is 26.9. The molecule has 0 bridgehead atoms. The molecule has 1 atom stereocenters. The highest BCUT2D eigenvalue weighted by Crippen LogP contribution is 2.20. The second kappa shape index (κ2) is 14.0. The van der Waals surface area contributed by atoms with Crippen molar-refractivity contribution in [3.63, 3.8) is 0 Å². The number of fused-ring (bicyclic) bond motifs is 1. The quantitative estimate of drug-likeness (QED) is 0.271. The van der Waals surface area contributed by atoms with Gasteiger partial charge in [-0.15, -0.1) is 0 Å². The zero-order valence-corrected chi connectivity index (χ0v) is 20.9. The Morgan fingerprint density at radius 3 is 2.89 bits per heavy atom. The van der Waals surface area contributed by atoms with Crippen molar-refractivity contribution in [1.82, 2.24) is 25.4 Å². The molecule has 1 aliphatic heterocycles. The van der Waals surface area contributed by atoms with Crippen molar-refractivity contribution in [2.75, 3.05) is 44.7 Å². The average Bonchev–Trinajstić information content (AvgIpc) is 3.29. The number of aryl methyl sites for hydroxylation is 2.